The van der Waals surface area contributed by atoms with Gasteiger partial charge in [0.2, 0.25) is 0 Å². The van der Waals surface area contributed by atoms with Gasteiger partial charge in [0, 0.05) is 31.7 Å². The first-order chi connectivity index (χ1) is 9.31. The summed E-state index contributed by atoms with van der Waals surface area (Å²) < 4.78 is 13.9. The first kappa shape index (κ1) is 14.9. The van der Waals surface area contributed by atoms with Crippen LogP contribution in [-0.2, 0) is 6.54 Å². The van der Waals surface area contributed by atoms with Crippen molar-refractivity contribution in [3.8, 4) is 0 Å². The molecular formula is C14H20FN3O2. The first-order valence-electron chi connectivity index (χ1n) is 6.71. The normalized spacial score (nSPS) is 22.7. The molecule has 20 heavy (non-hydrogen) atoms. The van der Waals surface area contributed by atoms with E-state index in [9.17, 15) is 14.5 Å². The second kappa shape index (κ2) is 5.46. The van der Waals surface area contributed by atoms with Crippen molar-refractivity contribution in [2.45, 2.75) is 32.9 Å². The molecule has 5 nitrogen and oxygen atoms in total. The molecule has 0 radical (unpaired) electrons. The zero-order valence-corrected chi connectivity index (χ0v) is 11.8. The quantitative estimate of drug-likeness (QED) is 0.681. The van der Waals surface area contributed by atoms with Crippen molar-refractivity contribution in [1.82, 2.24) is 4.90 Å². The summed E-state index contributed by atoms with van der Waals surface area (Å²) in [6, 6.07) is 4.09. The molecule has 0 aromatic heterocycles. The first-order valence-corrected chi connectivity index (χ1v) is 6.71. The molecule has 1 saturated heterocycles. The maximum Gasteiger partial charge on any atom is 0.276 e. The lowest BCUT2D eigenvalue weighted by Gasteiger charge is -2.42. The van der Waals surface area contributed by atoms with Crippen molar-refractivity contribution < 1.29 is 9.31 Å². The Morgan fingerprint density at radius 1 is 1.55 bits per heavy atom. The highest BCUT2D eigenvalue weighted by Crippen LogP contribution is 2.30. The molecule has 0 bridgehead atoms. The van der Waals surface area contributed by atoms with Gasteiger partial charge in [-0.3, -0.25) is 15.0 Å². The van der Waals surface area contributed by atoms with Crippen molar-refractivity contribution >= 4 is 5.69 Å². The standard InChI is InChI=1S/C14H20FN3O2/c1-14(2)9-17(7-6-13(14)16)8-10-11(15)4-3-5-12(10)18(19)20/h3-5,13H,6-9,16H2,1-2H3. The molecule has 0 amide bonds. The van der Waals surface area contributed by atoms with Crippen LogP contribution in [0.3, 0.4) is 0 Å². The van der Waals surface area contributed by atoms with Gasteiger partial charge in [-0.2, -0.15) is 0 Å². The second-order valence-corrected chi connectivity index (χ2v) is 6.09. The Hall–Kier alpha value is -1.53. The van der Waals surface area contributed by atoms with Crippen molar-refractivity contribution in [2.24, 2.45) is 11.1 Å². The molecule has 2 N–H and O–H groups in total. The van der Waals surface area contributed by atoms with E-state index < -0.39 is 10.7 Å². The number of piperidine rings is 1. The number of hydrogen-bond donors (Lipinski definition) is 1. The molecule has 110 valence electrons. The number of hydrogen-bond acceptors (Lipinski definition) is 4. The Balaban J connectivity index is 2.21. The van der Waals surface area contributed by atoms with Crippen LogP contribution in [0.1, 0.15) is 25.8 Å². The minimum Gasteiger partial charge on any atom is -0.327 e. The molecule has 2 rings (SSSR count). The summed E-state index contributed by atoms with van der Waals surface area (Å²) >= 11 is 0. The van der Waals surface area contributed by atoms with E-state index in [-0.39, 0.29) is 29.3 Å². The highest BCUT2D eigenvalue weighted by molar-refractivity contribution is 5.40. The fourth-order valence-electron chi connectivity index (χ4n) is 2.72. The highest BCUT2D eigenvalue weighted by atomic mass is 19.1. The van der Waals surface area contributed by atoms with Crippen LogP contribution in [0.2, 0.25) is 0 Å². The summed E-state index contributed by atoms with van der Waals surface area (Å²) in [5, 5.41) is 11.0. The number of nitrogens with zero attached hydrogens (tertiary/aromatic N) is 2. The molecule has 0 aliphatic carbocycles. The summed E-state index contributed by atoms with van der Waals surface area (Å²) in [6.45, 7) is 5.83. The molecule has 1 atom stereocenters. The number of nitro groups is 1. The molecular weight excluding hydrogens is 261 g/mol. The third-order valence-electron chi connectivity index (χ3n) is 4.06. The van der Waals surface area contributed by atoms with Crippen LogP contribution in [-0.4, -0.2) is 29.0 Å². The molecule has 0 saturated carbocycles. The van der Waals surface area contributed by atoms with E-state index in [1.807, 2.05) is 4.90 Å². The van der Waals surface area contributed by atoms with E-state index >= 15 is 0 Å². The molecule has 1 aliphatic rings. The van der Waals surface area contributed by atoms with Crippen molar-refractivity contribution in [3.05, 3.63) is 39.7 Å². The van der Waals surface area contributed by atoms with Crippen LogP contribution in [0.15, 0.2) is 18.2 Å². The summed E-state index contributed by atoms with van der Waals surface area (Å²) in [5.74, 6) is -0.521. The number of nitrogens with two attached hydrogens (primary N) is 1. The summed E-state index contributed by atoms with van der Waals surface area (Å²) in [4.78, 5) is 12.5. The lowest BCUT2D eigenvalue weighted by atomic mass is 9.79. The third kappa shape index (κ3) is 2.96. The van der Waals surface area contributed by atoms with Crippen LogP contribution in [0, 0.1) is 21.3 Å². The van der Waals surface area contributed by atoms with Gasteiger partial charge in [0.05, 0.1) is 10.5 Å². The van der Waals surface area contributed by atoms with Gasteiger partial charge in [0.1, 0.15) is 5.82 Å². The Morgan fingerprint density at radius 3 is 2.85 bits per heavy atom. The molecule has 1 aromatic rings. The Labute approximate surface area is 117 Å². The van der Waals surface area contributed by atoms with Gasteiger partial charge in [0.25, 0.3) is 5.69 Å². The van der Waals surface area contributed by atoms with Gasteiger partial charge >= 0.3 is 0 Å². The molecule has 1 aromatic carbocycles. The predicted octanol–water partition coefficient (Wildman–Crippen LogP) is 2.29. The van der Waals surface area contributed by atoms with Crippen LogP contribution in [0.25, 0.3) is 0 Å². The van der Waals surface area contributed by atoms with Crippen molar-refractivity contribution in [3.63, 3.8) is 0 Å². The van der Waals surface area contributed by atoms with E-state index in [4.69, 9.17) is 5.73 Å². The van der Waals surface area contributed by atoms with E-state index in [0.29, 0.717) is 6.54 Å². The molecule has 1 heterocycles. The zero-order valence-electron chi connectivity index (χ0n) is 11.8. The van der Waals surface area contributed by atoms with Gasteiger partial charge in [-0.25, -0.2) is 4.39 Å². The maximum atomic E-state index is 13.9. The Kier molecular flexibility index (Phi) is 4.06. The number of benzene rings is 1. The lowest BCUT2D eigenvalue weighted by molar-refractivity contribution is -0.386. The Morgan fingerprint density at radius 2 is 2.25 bits per heavy atom. The fraction of sp³-hybridized carbons (Fsp3) is 0.571. The van der Waals surface area contributed by atoms with Crippen LogP contribution in [0.5, 0.6) is 0 Å². The summed E-state index contributed by atoms with van der Waals surface area (Å²) in [5.41, 5.74) is 6.00. The number of nitro benzene ring substituents is 1. The van der Waals surface area contributed by atoms with E-state index in [2.05, 4.69) is 13.8 Å². The average Bonchev–Trinajstić information content (AvgIpc) is 2.35. The molecule has 0 spiro atoms. The topological polar surface area (TPSA) is 72.4 Å². The average molecular weight is 281 g/mol. The van der Waals surface area contributed by atoms with E-state index in [0.717, 1.165) is 13.0 Å². The maximum absolute atomic E-state index is 13.9. The molecule has 1 fully saturated rings. The monoisotopic (exact) mass is 281 g/mol. The zero-order chi connectivity index (χ0) is 14.9. The van der Waals surface area contributed by atoms with Gasteiger partial charge < -0.3 is 5.73 Å². The van der Waals surface area contributed by atoms with Crippen LogP contribution in [0.4, 0.5) is 10.1 Å². The molecule has 1 aliphatic heterocycles. The van der Waals surface area contributed by atoms with Gasteiger partial charge in [-0.1, -0.05) is 19.9 Å². The van der Waals surface area contributed by atoms with E-state index in [1.54, 1.807) is 0 Å². The van der Waals surface area contributed by atoms with Crippen LogP contribution >= 0.6 is 0 Å². The molecule has 6 heteroatoms. The minimum absolute atomic E-state index is 0.0711. The van der Waals surface area contributed by atoms with Gasteiger partial charge in [-0.15, -0.1) is 0 Å². The number of likely N-dealkylation sites (tertiary alicyclic amines) is 1. The smallest absolute Gasteiger partial charge is 0.276 e. The highest BCUT2D eigenvalue weighted by Gasteiger charge is 2.34. The SMILES string of the molecule is CC1(C)CN(Cc2c(F)cccc2[N+](=O)[O-])CCC1N. The second-order valence-electron chi connectivity index (χ2n) is 6.09. The lowest BCUT2D eigenvalue weighted by Crippen LogP contribution is -2.52. The van der Waals surface area contributed by atoms with Crippen molar-refractivity contribution in [1.29, 1.82) is 0 Å². The number of rotatable bonds is 3. The van der Waals surface area contributed by atoms with Gasteiger partial charge in [-0.05, 0) is 17.9 Å². The van der Waals surface area contributed by atoms with E-state index in [1.165, 1.54) is 18.2 Å². The summed E-state index contributed by atoms with van der Waals surface area (Å²) in [6.07, 6.45) is 0.815. The fourth-order valence-corrected chi connectivity index (χ4v) is 2.72. The Bertz CT molecular complexity index is 519. The number of halogens is 1. The minimum atomic E-state index is -0.529. The third-order valence-corrected chi connectivity index (χ3v) is 4.06. The molecule has 1 unspecified atom stereocenters. The van der Waals surface area contributed by atoms with Gasteiger partial charge in [0.15, 0.2) is 0 Å². The largest absolute Gasteiger partial charge is 0.327 e. The van der Waals surface area contributed by atoms with Crippen molar-refractivity contribution in [2.75, 3.05) is 13.1 Å². The van der Waals surface area contributed by atoms with Crippen LogP contribution < -0.4 is 5.73 Å². The predicted molar refractivity (Wildman–Crippen MR) is 74.7 cm³/mol. The summed E-state index contributed by atoms with van der Waals surface area (Å²) in [7, 11) is 0.